The van der Waals surface area contributed by atoms with Gasteiger partial charge in [0.15, 0.2) is 23.0 Å². The molecule has 9 nitrogen and oxygen atoms in total. The Labute approximate surface area is 522 Å². The maximum Gasteiger partial charge on any atom is 0.219 e. The summed E-state index contributed by atoms with van der Waals surface area (Å²) in [6.07, 6.45) is 0. The molecule has 5 heterocycles. The Hall–Kier alpha value is -12.4. The van der Waals surface area contributed by atoms with E-state index in [4.69, 9.17) is 19.1 Å². The molecule has 3 aliphatic heterocycles. The molecular formula is C82H46N6O3. The van der Waals surface area contributed by atoms with Gasteiger partial charge in [0.1, 0.15) is 17.3 Å². The van der Waals surface area contributed by atoms with E-state index < -0.39 is 11.2 Å². The maximum atomic E-state index is 13.3. The molecule has 0 N–H and O–H groups in total. The second-order valence-corrected chi connectivity index (χ2v) is 23.8. The summed E-state index contributed by atoms with van der Waals surface area (Å²) in [4.78, 5) is 9.46. The summed E-state index contributed by atoms with van der Waals surface area (Å²) in [5, 5.41) is 17.1. The van der Waals surface area contributed by atoms with Crippen molar-refractivity contribution in [3.05, 3.63) is 329 Å². The van der Waals surface area contributed by atoms with E-state index in [1.54, 1.807) is 0 Å². The van der Waals surface area contributed by atoms with Gasteiger partial charge in [0.05, 0.1) is 79.1 Å². The molecule has 0 saturated heterocycles. The van der Waals surface area contributed by atoms with E-state index >= 15 is 0 Å². The molecule has 20 rings (SSSR count). The van der Waals surface area contributed by atoms with E-state index in [1.807, 2.05) is 48.5 Å². The van der Waals surface area contributed by atoms with Crippen LogP contribution in [0.15, 0.2) is 279 Å². The summed E-state index contributed by atoms with van der Waals surface area (Å²) in [7, 11) is 0. The third-order valence-electron chi connectivity index (χ3n) is 19.6. The molecule has 2 aromatic heterocycles. The molecular weight excluding hydrogens is 1120 g/mol. The van der Waals surface area contributed by atoms with Crippen molar-refractivity contribution in [1.82, 2.24) is 9.13 Å². The Morgan fingerprint density at radius 1 is 0.363 bits per heavy atom. The van der Waals surface area contributed by atoms with Crippen LogP contribution < -0.4 is 19.3 Å². The third kappa shape index (κ3) is 6.19. The van der Waals surface area contributed by atoms with Crippen molar-refractivity contribution >= 4 is 83.4 Å². The van der Waals surface area contributed by atoms with Gasteiger partial charge < -0.3 is 33.1 Å². The number of nitrogens with zero attached hydrogens (tertiary/aromatic N) is 6. The Balaban J connectivity index is 1.01. The van der Waals surface area contributed by atoms with E-state index in [9.17, 15) is 11.8 Å². The zero-order valence-corrected chi connectivity index (χ0v) is 48.5. The van der Waals surface area contributed by atoms with Crippen molar-refractivity contribution in [2.45, 2.75) is 11.2 Å². The summed E-state index contributed by atoms with van der Waals surface area (Å²) in [6, 6.07) is 99.4. The van der Waals surface area contributed by atoms with E-state index in [1.165, 1.54) is 0 Å². The largest absolute Gasteiger partial charge is 0.452 e. The number of benzene rings is 13. The van der Waals surface area contributed by atoms with Gasteiger partial charge in [0.25, 0.3) is 0 Å². The third-order valence-corrected chi connectivity index (χ3v) is 19.6. The van der Waals surface area contributed by atoms with Gasteiger partial charge in [-0.05, 0) is 118 Å². The molecule has 0 atom stereocenters. The Morgan fingerprint density at radius 3 is 1.20 bits per heavy atom. The Kier molecular flexibility index (Phi) is 9.88. The number of para-hydroxylation sites is 8. The summed E-state index contributed by atoms with van der Waals surface area (Å²) in [5.74, 6) is 2.38. The van der Waals surface area contributed by atoms with Crippen LogP contribution in [0.25, 0.3) is 82.1 Å². The van der Waals surface area contributed by atoms with Crippen LogP contribution in [0.1, 0.15) is 38.9 Å². The Bertz CT molecular complexity index is 5380. The lowest BCUT2D eigenvalue weighted by Gasteiger charge is -2.41. The van der Waals surface area contributed by atoms with Crippen LogP contribution >= 0.6 is 0 Å². The average Bonchev–Trinajstić information content (AvgIpc) is 1.49. The molecule has 0 amide bonds. The number of ether oxygens (including phenoxy) is 3. The van der Waals surface area contributed by atoms with Gasteiger partial charge in [-0.25, -0.2) is 4.85 Å². The van der Waals surface area contributed by atoms with Gasteiger partial charge in [-0.2, -0.15) is 5.26 Å². The highest BCUT2D eigenvalue weighted by atomic mass is 16.5. The number of rotatable bonds is 4. The van der Waals surface area contributed by atoms with Gasteiger partial charge in [0, 0.05) is 44.4 Å². The lowest BCUT2D eigenvalue weighted by Crippen LogP contribution is -2.34. The molecule has 9 heteroatoms. The molecule has 15 aromatic rings. The molecule has 0 unspecified atom stereocenters. The molecule has 2 spiro atoms. The predicted molar refractivity (Wildman–Crippen MR) is 360 cm³/mol. The monoisotopic (exact) mass is 1160 g/mol. The number of hydrogen-bond donors (Lipinski definition) is 0. The first-order valence-corrected chi connectivity index (χ1v) is 30.6. The molecule has 2 aliphatic carbocycles. The van der Waals surface area contributed by atoms with Crippen molar-refractivity contribution < 1.29 is 14.2 Å². The summed E-state index contributed by atoms with van der Waals surface area (Å²) >= 11 is 0. The number of nitriles is 1. The van der Waals surface area contributed by atoms with Gasteiger partial charge in [0.2, 0.25) is 5.69 Å². The van der Waals surface area contributed by atoms with Crippen LogP contribution in [0.2, 0.25) is 0 Å². The second-order valence-electron chi connectivity index (χ2n) is 23.8. The molecule has 5 aliphatic rings. The van der Waals surface area contributed by atoms with Crippen LogP contribution in [0.3, 0.4) is 0 Å². The van der Waals surface area contributed by atoms with Crippen molar-refractivity contribution in [3.8, 4) is 62.7 Å². The van der Waals surface area contributed by atoms with Crippen LogP contribution in [-0.4, -0.2) is 9.13 Å². The van der Waals surface area contributed by atoms with Crippen LogP contribution in [-0.2, 0) is 15.9 Å². The van der Waals surface area contributed by atoms with E-state index in [2.05, 4.69) is 256 Å². The highest BCUT2D eigenvalue weighted by Gasteiger charge is 2.65. The molecule has 0 bridgehead atoms. The highest BCUT2D eigenvalue weighted by molar-refractivity contribution is 6.19. The topological polar surface area (TPSA) is 72.2 Å². The minimum atomic E-state index is -1.46. The number of hydrogen-bond acceptors (Lipinski definition) is 6. The average molecular weight is 1160 g/mol. The van der Waals surface area contributed by atoms with Gasteiger partial charge in [-0.15, -0.1) is 0 Å². The first kappa shape index (κ1) is 49.7. The quantitative estimate of drug-likeness (QED) is 0.164. The molecule has 0 saturated carbocycles. The van der Waals surface area contributed by atoms with Gasteiger partial charge >= 0.3 is 0 Å². The molecule has 13 aromatic carbocycles. The highest BCUT2D eigenvalue weighted by Crippen LogP contribution is 2.74. The summed E-state index contributed by atoms with van der Waals surface area (Å²) in [6.45, 7) is 10.3. The van der Waals surface area contributed by atoms with E-state index in [0.29, 0.717) is 79.5 Å². The molecule has 0 fully saturated rings. The van der Waals surface area contributed by atoms with Gasteiger partial charge in [-0.3, -0.25) is 0 Å². The van der Waals surface area contributed by atoms with Gasteiger partial charge in [-0.1, -0.05) is 194 Å². The van der Waals surface area contributed by atoms with Crippen LogP contribution in [0, 0.1) is 17.9 Å². The first-order chi connectivity index (χ1) is 45.1. The van der Waals surface area contributed by atoms with Crippen molar-refractivity contribution in [2.75, 3.05) is 9.80 Å². The van der Waals surface area contributed by atoms with Crippen molar-refractivity contribution in [3.63, 3.8) is 0 Å². The molecule has 91 heavy (non-hydrogen) atoms. The fourth-order valence-corrected chi connectivity index (χ4v) is 16.3. The van der Waals surface area contributed by atoms with Crippen molar-refractivity contribution in [2.24, 2.45) is 0 Å². The summed E-state index contributed by atoms with van der Waals surface area (Å²) in [5.41, 5.74) is 16.1. The normalized spacial score (nSPS) is 14.4. The first-order valence-electron chi connectivity index (χ1n) is 30.6. The smallest absolute Gasteiger partial charge is 0.219 e. The fraction of sp³-hybridized carbons (Fsp3) is 0.0244. The number of fused-ring (bicyclic) bond motifs is 25. The summed E-state index contributed by atoms with van der Waals surface area (Å²) < 4.78 is 28.0. The van der Waals surface area contributed by atoms with Crippen molar-refractivity contribution in [1.29, 1.82) is 5.26 Å². The minimum Gasteiger partial charge on any atom is -0.452 e. The van der Waals surface area contributed by atoms with E-state index in [0.717, 1.165) is 99.5 Å². The zero-order valence-electron chi connectivity index (χ0n) is 48.5. The standard InChI is InChI=1S/C82H46N6O3/c1-84-76-75-74(81(58-34-14-8-28-51(58)52-29-9-15-35-59(52)81)91-82(75)60-36-16-10-30-53(60)54-31-11-17-37-61(54)82)57(48-83)77(87-64-40-20-22-42-70(64)89-79-68(87)46-44-66-72(79)55-32-12-18-38-62(55)85(66)49-24-4-2-5-25-49)78(76)88-65-41-21-23-43-71(65)90-80-69(88)47-45-67-73(80)56-33-13-19-39-63(56)86(67)50-26-6-3-7-27-50/h2-47H. The fourth-order valence-electron chi connectivity index (χ4n) is 16.3. The minimum absolute atomic E-state index is 0.316. The molecule has 422 valence electrons. The number of anilines is 6. The van der Waals surface area contributed by atoms with Crippen LogP contribution in [0.5, 0.6) is 23.0 Å². The second kappa shape index (κ2) is 18.1. The zero-order chi connectivity index (χ0) is 59.8. The lowest BCUT2D eigenvalue weighted by molar-refractivity contribution is -0.0485. The molecule has 0 radical (unpaired) electrons. The Morgan fingerprint density at radius 2 is 0.747 bits per heavy atom. The predicted octanol–water partition coefficient (Wildman–Crippen LogP) is 21.0. The van der Waals surface area contributed by atoms with Crippen LogP contribution in [0.4, 0.5) is 39.8 Å². The lowest BCUT2D eigenvalue weighted by atomic mass is 9.75. The number of aromatic nitrogens is 2. The van der Waals surface area contributed by atoms with E-state index in [-0.39, 0.29) is 0 Å². The SMILES string of the molecule is [C-]#[N+]c1c(N2c3ccccc3Oc3c2ccc2c3c3ccccc3n2-c2ccccc2)c(N2c3ccccc3Oc3c2ccc2c3c3ccccc3n2-c2ccccc2)c(C#N)c2c1C1(OC23c2ccccc2-c2ccccc23)c2ccccc2-c2ccccc21. The maximum absolute atomic E-state index is 13.3.